The van der Waals surface area contributed by atoms with Crippen LogP contribution in [0.4, 0.5) is 4.39 Å². The monoisotopic (exact) mass is 389 g/mol. The molecule has 0 aliphatic heterocycles. The van der Waals surface area contributed by atoms with Crippen molar-refractivity contribution < 1.29 is 9.18 Å². The molecule has 0 saturated carbocycles. The van der Waals surface area contributed by atoms with Crippen LogP contribution in [-0.2, 0) is 11.3 Å². The standard InChI is InChI=1S/C18H17ClFN5O2/c1-23(22)10-16(21)25-9-12(11-2-3-14(20)13(19)8-11)17-15(25)4-5-24(6-7-26)18(17)27/h2-5,7-10H,6,21-22H2,1H3/b16-10+. The maximum Gasteiger partial charge on any atom is 0.261 e. The number of hydrogen-bond donors (Lipinski definition) is 2. The quantitative estimate of drug-likeness (QED) is 0.395. The van der Waals surface area contributed by atoms with Gasteiger partial charge in [-0.05, 0) is 23.8 Å². The van der Waals surface area contributed by atoms with Crippen LogP contribution in [0.2, 0.25) is 5.02 Å². The van der Waals surface area contributed by atoms with E-state index in [2.05, 4.69) is 0 Å². The number of halogens is 2. The summed E-state index contributed by atoms with van der Waals surface area (Å²) in [4.78, 5) is 23.8. The number of carbonyl (C=O) groups is 1. The van der Waals surface area contributed by atoms with Crippen LogP contribution in [-0.4, -0.2) is 27.5 Å². The van der Waals surface area contributed by atoms with Crippen molar-refractivity contribution in [3.63, 3.8) is 0 Å². The lowest BCUT2D eigenvalue weighted by molar-refractivity contribution is -0.108. The minimum absolute atomic E-state index is 0.0669. The van der Waals surface area contributed by atoms with E-state index in [4.69, 9.17) is 23.2 Å². The number of aromatic nitrogens is 2. The summed E-state index contributed by atoms with van der Waals surface area (Å²) in [6.45, 7) is -0.0829. The average Bonchev–Trinajstić information content (AvgIpc) is 3.00. The zero-order valence-electron chi connectivity index (χ0n) is 14.4. The molecule has 9 heteroatoms. The fraction of sp³-hybridized carbons (Fsp3) is 0.111. The van der Waals surface area contributed by atoms with Gasteiger partial charge in [0.05, 0.1) is 28.7 Å². The molecule has 0 radical (unpaired) electrons. The van der Waals surface area contributed by atoms with Gasteiger partial charge in [-0.15, -0.1) is 0 Å². The number of aldehydes is 1. The third-order valence-electron chi connectivity index (χ3n) is 4.05. The molecule has 0 saturated heterocycles. The summed E-state index contributed by atoms with van der Waals surface area (Å²) >= 11 is 5.90. The predicted octanol–water partition coefficient (Wildman–Crippen LogP) is 1.98. The van der Waals surface area contributed by atoms with Crippen molar-refractivity contribution in [2.24, 2.45) is 11.6 Å². The maximum absolute atomic E-state index is 13.6. The number of hydrogen-bond acceptors (Lipinski definition) is 5. The molecule has 0 aliphatic rings. The average molecular weight is 390 g/mol. The van der Waals surface area contributed by atoms with Gasteiger partial charge >= 0.3 is 0 Å². The second kappa shape index (κ2) is 7.26. The van der Waals surface area contributed by atoms with Gasteiger partial charge in [0.1, 0.15) is 17.9 Å². The Balaban J connectivity index is 2.37. The van der Waals surface area contributed by atoms with E-state index in [0.717, 1.165) is 0 Å². The number of rotatable bonds is 5. The molecule has 2 aromatic heterocycles. The number of nitrogens with zero attached hydrogens (tertiary/aromatic N) is 3. The van der Waals surface area contributed by atoms with Crippen molar-refractivity contribution in [3.05, 3.63) is 64.1 Å². The molecule has 0 bridgehead atoms. The van der Waals surface area contributed by atoms with Crippen LogP contribution in [0.1, 0.15) is 0 Å². The van der Waals surface area contributed by atoms with Gasteiger partial charge in [0.2, 0.25) is 0 Å². The summed E-state index contributed by atoms with van der Waals surface area (Å²) < 4.78 is 16.4. The first-order valence-electron chi connectivity index (χ1n) is 7.92. The van der Waals surface area contributed by atoms with Crippen molar-refractivity contribution in [2.75, 3.05) is 7.05 Å². The van der Waals surface area contributed by atoms with Gasteiger partial charge in [-0.25, -0.2) is 10.2 Å². The maximum atomic E-state index is 13.6. The summed E-state index contributed by atoms with van der Waals surface area (Å²) in [6, 6.07) is 5.85. The number of hydrazine groups is 1. The van der Waals surface area contributed by atoms with Crippen LogP contribution >= 0.6 is 11.6 Å². The summed E-state index contributed by atoms with van der Waals surface area (Å²) in [5.41, 5.74) is 7.30. The molecule has 0 fully saturated rings. The molecule has 4 N–H and O–H groups in total. The van der Waals surface area contributed by atoms with Crippen LogP contribution in [0, 0.1) is 5.82 Å². The zero-order valence-corrected chi connectivity index (χ0v) is 15.2. The summed E-state index contributed by atoms with van der Waals surface area (Å²) in [5.74, 6) is 5.33. The van der Waals surface area contributed by atoms with Gasteiger partial charge in [-0.2, -0.15) is 0 Å². The second-order valence-electron chi connectivity index (χ2n) is 5.96. The topological polar surface area (TPSA) is 99.3 Å². The fourth-order valence-corrected chi connectivity index (χ4v) is 3.05. The normalized spacial score (nSPS) is 11.8. The van der Waals surface area contributed by atoms with Crippen LogP contribution in [0.5, 0.6) is 0 Å². The van der Waals surface area contributed by atoms with E-state index in [1.54, 1.807) is 23.9 Å². The lowest BCUT2D eigenvalue weighted by Gasteiger charge is -2.10. The first-order chi connectivity index (χ1) is 12.8. The number of pyridine rings is 1. The first-order valence-corrected chi connectivity index (χ1v) is 8.30. The molecule has 0 unspecified atom stereocenters. The van der Waals surface area contributed by atoms with Crippen molar-refractivity contribution in [1.29, 1.82) is 0 Å². The summed E-state index contributed by atoms with van der Waals surface area (Å²) in [5, 5.41) is 1.55. The molecule has 0 spiro atoms. The van der Waals surface area contributed by atoms with Crippen molar-refractivity contribution in [1.82, 2.24) is 14.1 Å². The highest BCUT2D eigenvalue weighted by Gasteiger charge is 2.17. The van der Waals surface area contributed by atoms with Crippen LogP contribution < -0.4 is 17.1 Å². The molecule has 7 nitrogen and oxygen atoms in total. The highest BCUT2D eigenvalue weighted by Crippen LogP contribution is 2.32. The van der Waals surface area contributed by atoms with Gasteiger partial charge in [0.25, 0.3) is 5.56 Å². The molecule has 0 amide bonds. The molecule has 0 aliphatic carbocycles. The summed E-state index contributed by atoms with van der Waals surface area (Å²) in [7, 11) is 1.61. The zero-order chi connectivity index (χ0) is 19.7. The number of fused-ring (bicyclic) bond motifs is 1. The molecular formula is C18H17ClFN5O2. The lowest BCUT2D eigenvalue weighted by atomic mass is 10.1. The van der Waals surface area contributed by atoms with Crippen LogP contribution in [0.25, 0.3) is 27.9 Å². The van der Waals surface area contributed by atoms with E-state index in [9.17, 15) is 14.0 Å². The molecule has 140 valence electrons. The van der Waals surface area contributed by atoms with Gasteiger partial charge < -0.3 is 24.7 Å². The van der Waals surface area contributed by atoms with Crippen LogP contribution in [0.3, 0.4) is 0 Å². The molecule has 27 heavy (non-hydrogen) atoms. The van der Waals surface area contributed by atoms with E-state index in [-0.39, 0.29) is 22.9 Å². The third kappa shape index (κ3) is 3.44. The summed E-state index contributed by atoms with van der Waals surface area (Å²) in [6.07, 6.45) is 5.28. The van der Waals surface area contributed by atoms with E-state index in [1.807, 2.05) is 0 Å². The highest BCUT2D eigenvalue weighted by atomic mass is 35.5. The number of carbonyl (C=O) groups excluding carboxylic acids is 1. The Labute approximate surface area is 158 Å². The number of benzene rings is 1. The van der Waals surface area contributed by atoms with E-state index < -0.39 is 5.82 Å². The molecular weight excluding hydrogens is 373 g/mol. The van der Waals surface area contributed by atoms with Crippen molar-refractivity contribution in [3.8, 4) is 11.1 Å². The molecule has 1 aromatic carbocycles. The molecule has 0 atom stereocenters. The second-order valence-corrected chi connectivity index (χ2v) is 6.37. The lowest BCUT2D eigenvalue weighted by Crippen LogP contribution is -2.22. The molecule has 3 aromatic rings. The Morgan fingerprint density at radius 1 is 1.37 bits per heavy atom. The predicted molar refractivity (Wildman–Crippen MR) is 103 cm³/mol. The van der Waals surface area contributed by atoms with E-state index >= 15 is 0 Å². The minimum Gasteiger partial charge on any atom is -0.384 e. The van der Waals surface area contributed by atoms with Gasteiger partial charge in [0, 0.05) is 25.0 Å². The molecule has 2 heterocycles. The largest absolute Gasteiger partial charge is 0.384 e. The third-order valence-corrected chi connectivity index (χ3v) is 4.34. The first kappa shape index (κ1) is 18.7. The SMILES string of the molecule is CN(N)/C=C(\N)n1cc(-c2ccc(F)c(Cl)c2)c2c(=O)n(CC=O)ccc21. The Morgan fingerprint density at radius 2 is 2.11 bits per heavy atom. The molecule has 3 rings (SSSR count). The minimum atomic E-state index is -0.563. The Morgan fingerprint density at radius 3 is 2.74 bits per heavy atom. The Kier molecular flexibility index (Phi) is 5.02. The van der Waals surface area contributed by atoms with E-state index in [0.29, 0.717) is 28.3 Å². The smallest absolute Gasteiger partial charge is 0.261 e. The van der Waals surface area contributed by atoms with Gasteiger partial charge in [-0.1, -0.05) is 17.7 Å². The van der Waals surface area contributed by atoms with Crippen LogP contribution in [0.15, 0.2) is 47.7 Å². The fourth-order valence-electron chi connectivity index (χ4n) is 2.87. The van der Waals surface area contributed by atoms with E-state index in [1.165, 1.54) is 40.2 Å². The highest BCUT2D eigenvalue weighted by molar-refractivity contribution is 6.31. The van der Waals surface area contributed by atoms with Gasteiger partial charge in [0.15, 0.2) is 0 Å². The van der Waals surface area contributed by atoms with Gasteiger partial charge in [-0.3, -0.25) is 4.79 Å². The Bertz CT molecular complexity index is 1120. The van der Waals surface area contributed by atoms with Crippen molar-refractivity contribution in [2.45, 2.75) is 6.54 Å². The van der Waals surface area contributed by atoms with Crippen molar-refractivity contribution >= 4 is 34.6 Å². The Hall–Kier alpha value is -3.10. The number of nitrogens with two attached hydrogens (primary N) is 2.